The highest BCUT2D eigenvalue weighted by Gasteiger charge is 2.17. The average Bonchev–Trinajstić information content (AvgIpc) is 3.12. The zero-order valence-electron chi connectivity index (χ0n) is 11.4. The van der Waals surface area contributed by atoms with E-state index >= 15 is 0 Å². The van der Waals surface area contributed by atoms with Gasteiger partial charge in [-0.05, 0) is 30.3 Å². The summed E-state index contributed by atoms with van der Waals surface area (Å²) in [7, 11) is 1.82. The quantitative estimate of drug-likeness (QED) is 0.736. The van der Waals surface area contributed by atoms with Crippen LogP contribution in [0.3, 0.4) is 0 Å². The van der Waals surface area contributed by atoms with Crippen molar-refractivity contribution in [2.75, 3.05) is 0 Å². The summed E-state index contributed by atoms with van der Waals surface area (Å²) in [5.74, 6) is 0.146. The maximum Gasteiger partial charge on any atom is 0.264 e. The van der Waals surface area contributed by atoms with E-state index in [0.717, 1.165) is 11.4 Å². The van der Waals surface area contributed by atoms with Crippen molar-refractivity contribution in [1.82, 2.24) is 14.8 Å². The minimum absolute atomic E-state index is 0.164. The average molecular weight is 283 g/mol. The van der Waals surface area contributed by atoms with Gasteiger partial charge in [-0.15, -0.1) is 0 Å². The summed E-state index contributed by atoms with van der Waals surface area (Å²) < 4.78 is 6.93. The molecule has 3 aromatic heterocycles. The Balaban J connectivity index is 1.87. The predicted molar refractivity (Wildman–Crippen MR) is 75.2 cm³/mol. The highest BCUT2D eigenvalue weighted by molar-refractivity contribution is 6.06. The first-order valence-corrected chi connectivity index (χ1v) is 6.42. The summed E-state index contributed by atoms with van der Waals surface area (Å²) >= 11 is 0. The lowest BCUT2D eigenvalue weighted by molar-refractivity contribution is 0.100. The Morgan fingerprint density at radius 1 is 1.29 bits per heavy atom. The third kappa shape index (κ3) is 2.55. The highest BCUT2D eigenvalue weighted by atomic mass is 16.3. The highest BCUT2D eigenvalue weighted by Crippen LogP contribution is 2.15. The van der Waals surface area contributed by atoms with E-state index in [9.17, 15) is 9.59 Å². The van der Waals surface area contributed by atoms with Crippen molar-refractivity contribution in [3.8, 4) is 0 Å². The van der Waals surface area contributed by atoms with E-state index in [2.05, 4.69) is 10.2 Å². The van der Waals surface area contributed by atoms with Crippen molar-refractivity contribution in [2.45, 2.75) is 6.42 Å². The zero-order valence-corrected chi connectivity index (χ0v) is 11.4. The van der Waals surface area contributed by atoms with E-state index in [1.165, 1.54) is 12.3 Å². The molecule has 0 saturated heterocycles. The zero-order chi connectivity index (χ0) is 14.8. The first kappa shape index (κ1) is 13.1. The Bertz CT molecular complexity index is 808. The maximum absolute atomic E-state index is 12.3. The molecule has 0 radical (unpaired) electrons. The standard InChI is InChI=1S/C15H13N3O3/c1-18-11(9-10-4-7-14(19)17-16-10)5-6-12(18)15(20)13-3-2-8-21-13/h2-8H,9H2,1H3,(H,17,19). The van der Waals surface area contributed by atoms with Gasteiger partial charge in [0.25, 0.3) is 5.56 Å². The van der Waals surface area contributed by atoms with Crippen molar-refractivity contribution in [1.29, 1.82) is 0 Å². The molecule has 0 bridgehead atoms. The van der Waals surface area contributed by atoms with Gasteiger partial charge in [-0.25, -0.2) is 5.10 Å². The van der Waals surface area contributed by atoms with Crippen LogP contribution in [0.1, 0.15) is 27.6 Å². The molecule has 3 aromatic rings. The Labute approximate surface area is 120 Å². The van der Waals surface area contributed by atoms with Crippen molar-refractivity contribution in [2.24, 2.45) is 7.05 Å². The number of H-pyrrole nitrogens is 1. The summed E-state index contributed by atoms with van der Waals surface area (Å²) in [5.41, 5.74) is 1.96. The molecular weight excluding hydrogens is 270 g/mol. The number of carbonyl (C=O) groups excluding carboxylic acids is 1. The van der Waals surface area contributed by atoms with Gasteiger partial charge in [0.1, 0.15) is 0 Å². The molecule has 6 nitrogen and oxygen atoms in total. The van der Waals surface area contributed by atoms with Gasteiger partial charge < -0.3 is 8.98 Å². The molecule has 0 unspecified atom stereocenters. The molecule has 106 valence electrons. The van der Waals surface area contributed by atoms with E-state index in [-0.39, 0.29) is 11.3 Å². The Hall–Kier alpha value is -2.89. The molecule has 0 aromatic carbocycles. The second-order valence-electron chi connectivity index (χ2n) is 4.66. The number of nitrogens with one attached hydrogen (secondary N) is 1. The molecule has 0 atom stereocenters. The van der Waals surface area contributed by atoms with Crippen LogP contribution in [0.25, 0.3) is 0 Å². The monoisotopic (exact) mass is 283 g/mol. The third-order valence-corrected chi connectivity index (χ3v) is 3.30. The number of hydrogen-bond donors (Lipinski definition) is 1. The summed E-state index contributed by atoms with van der Waals surface area (Å²) in [6, 6.07) is 10.0. The number of nitrogens with zero attached hydrogens (tertiary/aromatic N) is 2. The van der Waals surface area contributed by atoms with Gasteiger partial charge in [0, 0.05) is 25.2 Å². The van der Waals surface area contributed by atoms with Crippen molar-refractivity contribution < 1.29 is 9.21 Å². The second-order valence-corrected chi connectivity index (χ2v) is 4.66. The topological polar surface area (TPSA) is 80.9 Å². The van der Waals surface area contributed by atoms with Crippen LogP contribution < -0.4 is 5.56 Å². The molecular formula is C15H13N3O3. The van der Waals surface area contributed by atoms with Gasteiger partial charge in [0.05, 0.1) is 17.7 Å². The maximum atomic E-state index is 12.3. The largest absolute Gasteiger partial charge is 0.461 e. The van der Waals surface area contributed by atoms with Crippen LogP contribution in [-0.4, -0.2) is 20.5 Å². The lowest BCUT2D eigenvalue weighted by atomic mass is 10.2. The van der Waals surface area contributed by atoms with Crippen LogP contribution in [0.4, 0.5) is 0 Å². The van der Waals surface area contributed by atoms with E-state index in [0.29, 0.717) is 17.9 Å². The number of ketones is 1. The molecule has 0 aliphatic carbocycles. The lowest BCUT2D eigenvalue weighted by Gasteiger charge is -2.05. The van der Waals surface area contributed by atoms with Crippen LogP contribution in [0.15, 0.2) is 51.9 Å². The Kier molecular flexibility index (Phi) is 3.27. The van der Waals surface area contributed by atoms with Gasteiger partial charge in [-0.1, -0.05) is 0 Å². The summed E-state index contributed by atoms with van der Waals surface area (Å²) in [6.45, 7) is 0. The predicted octanol–water partition coefficient (Wildman–Crippen LogP) is 1.52. The van der Waals surface area contributed by atoms with E-state index in [4.69, 9.17) is 4.42 Å². The molecule has 0 aliphatic heterocycles. The molecule has 6 heteroatoms. The smallest absolute Gasteiger partial charge is 0.264 e. The fraction of sp³-hybridized carbons (Fsp3) is 0.133. The van der Waals surface area contributed by atoms with Crippen molar-refractivity contribution in [3.63, 3.8) is 0 Å². The van der Waals surface area contributed by atoms with Crippen LogP contribution in [-0.2, 0) is 13.5 Å². The molecule has 3 rings (SSSR count). The van der Waals surface area contributed by atoms with Gasteiger partial charge in [0.2, 0.25) is 5.78 Å². The summed E-state index contributed by atoms with van der Waals surface area (Å²) in [5, 5.41) is 6.36. The molecule has 1 N–H and O–H groups in total. The van der Waals surface area contributed by atoms with E-state index in [1.54, 1.807) is 28.8 Å². The molecule has 21 heavy (non-hydrogen) atoms. The molecule has 3 heterocycles. The number of rotatable bonds is 4. The fourth-order valence-corrected chi connectivity index (χ4v) is 2.15. The number of aromatic nitrogens is 3. The van der Waals surface area contributed by atoms with Gasteiger partial charge in [0.15, 0.2) is 5.76 Å². The Morgan fingerprint density at radius 2 is 2.14 bits per heavy atom. The fourth-order valence-electron chi connectivity index (χ4n) is 2.15. The molecule has 0 amide bonds. The molecule has 0 saturated carbocycles. The molecule has 0 fully saturated rings. The van der Waals surface area contributed by atoms with Crippen molar-refractivity contribution in [3.05, 3.63) is 75.9 Å². The van der Waals surface area contributed by atoms with Crippen molar-refractivity contribution >= 4 is 5.78 Å². The first-order chi connectivity index (χ1) is 10.1. The van der Waals surface area contributed by atoms with E-state index in [1.807, 2.05) is 13.1 Å². The van der Waals surface area contributed by atoms with Crippen LogP contribution in [0.5, 0.6) is 0 Å². The van der Waals surface area contributed by atoms with Crippen LogP contribution >= 0.6 is 0 Å². The lowest BCUT2D eigenvalue weighted by Crippen LogP contribution is -2.11. The normalized spacial score (nSPS) is 10.7. The first-order valence-electron chi connectivity index (χ1n) is 6.42. The number of hydrogen-bond acceptors (Lipinski definition) is 4. The second kappa shape index (κ2) is 5.24. The van der Waals surface area contributed by atoms with Crippen LogP contribution in [0, 0.1) is 0 Å². The van der Waals surface area contributed by atoms with Gasteiger partial charge in [-0.2, -0.15) is 5.10 Å². The Morgan fingerprint density at radius 3 is 2.81 bits per heavy atom. The van der Waals surface area contributed by atoms with E-state index < -0.39 is 0 Å². The minimum atomic E-state index is -0.237. The SMILES string of the molecule is Cn1c(Cc2ccc(=O)[nH]n2)ccc1C(=O)c1ccco1. The van der Waals surface area contributed by atoms with Gasteiger partial charge >= 0.3 is 0 Å². The third-order valence-electron chi connectivity index (χ3n) is 3.30. The van der Waals surface area contributed by atoms with Crippen LogP contribution in [0.2, 0.25) is 0 Å². The summed E-state index contributed by atoms with van der Waals surface area (Å²) in [4.78, 5) is 23.2. The molecule has 0 spiro atoms. The minimum Gasteiger partial charge on any atom is -0.461 e. The van der Waals surface area contributed by atoms with Gasteiger partial charge in [-0.3, -0.25) is 9.59 Å². The summed E-state index contributed by atoms with van der Waals surface area (Å²) in [6.07, 6.45) is 2.00. The number of aromatic amines is 1. The number of carbonyl (C=O) groups is 1. The molecule has 0 aliphatic rings. The number of furan rings is 1.